The first-order valence-electron chi connectivity index (χ1n) is 12.2. The number of pyridine rings is 1. The van der Waals surface area contributed by atoms with Crippen LogP contribution in [-0.2, 0) is 14.8 Å². The number of hydrogen-bond acceptors (Lipinski definition) is 6. The van der Waals surface area contributed by atoms with Crippen molar-refractivity contribution in [1.29, 1.82) is 0 Å². The van der Waals surface area contributed by atoms with Crippen LogP contribution in [0.3, 0.4) is 0 Å². The second-order valence-electron chi connectivity index (χ2n) is 9.34. The topological polar surface area (TPSA) is 111 Å². The SMILES string of the molecule is O=C(O)c1ccc(S(=O)(=O)N2CCCC(C(=O)N3CCN(c4ccnc5cc(Cl)ccc45)CC3)C2)cc1. The normalized spacial score (nSPS) is 19.2. The Morgan fingerprint density at radius 2 is 1.70 bits per heavy atom. The van der Waals surface area contributed by atoms with Crippen LogP contribution in [0.2, 0.25) is 5.02 Å². The number of sulfonamides is 1. The molecule has 2 fully saturated rings. The smallest absolute Gasteiger partial charge is 0.335 e. The molecule has 0 aliphatic carbocycles. The number of fused-ring (bicyclic) bond motifs is 1. The number of piperidine rings is 1. The summed E-state index contributed by atoms with van der Waals surface area (Å²) in [6, 6.07) is 12.8. The summed E-state index contributed by atoms with van der Waals surface area (Å²) >= 11 is 6.12. The summed E-state index contributed by atoms with van der Waals surface area (Å²) in [7, 11) is -3.82. The van der Waals surface area contributed by atoms with Crippen LogP contribution in [0.4, 0.5) is 5.69 Å². The zero-order valence-electron chi connectivity index (χ0n) is 20.1. The molecule has 5 rings (SSSR count). The number of aromatic carboxylic acids is 1. The van der Waals surface area contributed by atoms with Gasteiger partial charge in [0.1, 0.15) is 0 Å². The van der Waals surface area contributed by atoms with Crippen LogP contribution in [0.25, 0.3) is 10.9 Å². The second-order valence-corrected chi connectivity index (χ2v) is 11.7. The van der Waals surface area contributed by atoms with Gasteiger partial charge in [0, 0.05) is 61.6 Å². The van der Waals surface area contributed by atoms with Crippen molar-refractivity contribution < 1.29 is 23.1 Å². The molecule has 0 bridgehead atoms. The van der Waals surface area contributed by atoms with Crippen molar-refractivity contribution >= 4 is 50.1 Å². The van der Waals surface area contributed by atoms with Gasteiger partial charge in [-0.1, -0.05) is 11.6 Å². The van der Waals surface area contributed by atoms with Crippen molar-refractivity contribution in [2.24, 2.45) is 5.92 Å². The Kier molecular flexibility index (Phi) is 7.06. The number of carbonyl (C=O) groups excluding carboxylic acids is 1. The van der Waals surface area contributed by atoms with E-state index in [1.165, 1.54) is 28.6 Å². The summed E-state index contributed by atoms with van der Waals surface area (Å²) in [5, 5.41) is 10.7. The molecule has 2 aliphatic rings. The van der Waals surface area contributed by atoms with Crippen molar-refractivity contribution in [3.8, 4) is 0 Å². The highest BCUT2D eigenvalue weighted by atomic mass is 35.5. The van der Waals surface area contributed by atoms with Crippen LogP contribution in [0.15, 0.2) is 59.6 Å². The van der Waals surface area contributed by atoms with Gasteiger partial charge in [0.15, 0.2) is 0 Å². The number of piperazine rings is 1. The first-order chi connectivity index (χ1) is 17.7. The van der Waals surface area contributed by atoms with Crippen molar-refractivity contribution in [3.63, 3.8) is 0 Å². The minimum absolute atomic E-state index is 0.0212. The van der Waals surface area contributed by atoms with E-state index >= 15 is 0 Å². The molecule has 3 aromatic rings. The van der Waals surface area contributed by atoms with E-state index in [1.807, 2.05) is 29.2 Å². The molecule has 1 amide bonds. The molecular formula is C26H27ClN4O5S. The van der Waals surface area contributed by atoms with Crippen LogP contribution >= 0.6 is 11.6 Å². The number of carboxylic acids is 1. The van der Waals surface area contributed by atoms with Gasteiger partial charge in [0.25, 0.3) is 0 Å². The van der Waals surface area contributed by atoms with Gasteiger partial charge in [0.2, 0.25) is 15.9 Å². The zero-order valence-corrected chi connectivity index (χ0v) is 21.7. The molecule has 2 saturated heterocycles. The third-order valence-electron chi connectivity index (χ3n) is 7.09. The molecule has 0 saturated carbocycles. The van der Waals surface area contributed by atoms with Gasteiger partial charge in [-0.2, -0.15) is 4.31 Å². The Morgan fingerprint density at radius 3 is 2.41 bits per heavy atom. The first kappa shape index (κ1) is 25.4. The summed E-state index contributed by atoms with van der Waals surface area (Å²) in [5.41, 5.74) is 1.90. The number of carbonyl (C=O) groups is 2. The molecule has 2 aliphatic heterocycles. The molecule has 3 heterocycles. The number of benzene rings is 2. The summed E-state index contributed by atoms with van der Waals surface area (Å²) in [6.07, 6.45) is 2.99. The lowest BCUT2D eigenvalue weighted by atomic mass is 9.97. The van der Waals surface area contributed by atoms with Crippen molar-refractivity contribution in [1.82, 2.24) is 14.2 Å². The highest BCUT2D eigenvalue weighted by molar-refractivity contribution is 7.89. The molecule has 9 nitrogen and oxygen atoms in total. The number of rotatable bonds is 5. The molecule has 1 atom stereocenters. The number of hydrogen-bond donors (Lipinski definition) is 1. The Hall–Kier alpha value is -3.21. The predicted octanol–water partition coefficient (Wildman–Crippen LogP) is 3.34. The van der Waals surface area contributed by atoms with E-state index in [0.717, 1.165) is 16.6 Å². The van der Waals surface area contributed by atoms with Crippen molar-refractivity contribution in [3.05, 3.63) is 65.3 Å². The highest BCUT2D eigenvalue weighted by Gasteiger charge is 2.36. The Bertz CT molecular complexity index is 1440. The Morgan fingerprint density at radius 1 is 0.973 bits per heavy atom. The maximum atomic E-state index is 13.4. The van der Waals surface area contributed by atoms with Gasteiger partial charge in [0.05, 0.1) is 21.9 Å². The van der Waals surface area contributed by atoms with Gasteiger partial charge < -0.3 is 14.9 Å². The number of amides is 1. The fraction of sp³-hybridized carbons (Fsp3) is 0.346. The van der Waals surface area contributed by atoms with Crippen LogP contribution in [0.1, 0.15) is 23.2 Å². The number of aromatic nitrogens is 1. The van der Waals surface area contributed by atoms with Gasteiger partial charge in [-0.15, -0.1) is 0 Å². The second kappa shape index (κ2) is 10.3. The lowest BCUT2D eigenvalue weighted by Crippen LogP contribution is -2.53. The molecule has 194 valence electrons. The monoisotopic (exact) mass is 542 g/mol. The fourth-order valence-corrected chi connectivity index (χ4v) is 6.78. The molecule has 0 spiro atoms. The molecule has 1 N–H and O–H groups in total. The average molecular weight is 543 g/mol. The molecule has 1 aromatic heterocycles. The van der Waals surface area contributed by atoms with Crippen LogP contribution in [-0.4, -0.2) is 78.9 Å². The summed E-state index contributed by atoms with van der Waals surface area (Å²) in [5.74, 6) is -1.54. The third-order valence-corrected chi connectivity index (χ3v) is 9.20. The van der Waals surface area contributed by atoms with E-state index < -0.39 is 21.9 Å². The van der Waals surface area contributed by atoms with Gasteiger partial charge in [-0.3, -0.25) is 9.78 Å². The summed E-state index contributed by atoms with van der Waals surface area (Å²) in [6.45, 7) is 2.89. The number of anilines is 1. The third kappa shape index (κ3) is 5.14. The summed E-state index contributed by atoms with van der Waals surface area (Å²) in [4.78, 5) is 33.0. The fourth-order valence-electron chi connectivity index (χ4n) is 5.09. The van der Waals surface area contributed by atoms with Crippen LogP contribution in [0, 0.1) is 5.92 Å². The Labute approximate surface area is 220 Å². The van der Waals surface area contributed by atoms with E-state index in [0.29, 0.717) is 50.6 Å². The van der Waals surface area contributed by atoms with E-state index in [-0.39, 0.29) is 22.9 Å². The van der Waals surface area contributed by atoms with Gasteiger partial charge in [-0.05, 0) is 61.4 Å². The standard InChI is InChI=1S/C26H27ClN4O5S/c27-20-5-8-22-23(16-20)28-10-9-24(22)29-12-14-30(15-13-29)25(32)19-2-1-11-31(17-19)37(35,36)21-6-3-18(4-7-21)26(33)34/h3-10,16,19H,1-2,11-15,17H2,(H,33,34). The maximum Gasteiger partial charge on any atom is 0.335 e. The molecule has 11 heteroatoms. The lowest BCUT2D eigenvalue weighted by molar-refractivity contribution is -0.137. The molecule has 2 aromatic carbocycles. The molecular weight excluding hydrogens is 516 g/mol. The molecule has 37 heavy (non-hydrogen) atoms. The average Bonchev–Trinajstić information content (AvgIpc) is 2.92. The van der Waals surface area contributed by atoms with E-state index in [2.05, 4.69) is 9.88 Å². The van der Waals surface area contributed by atoms with E-state index in [9.17, 15) is 18.0 Å². The van der Waals surface area contributed by atoms with E-state index in [4.69, 9.17) is 16.7 Å². The minimum Gasteiger partial charge on any atom is -0.478 e. The van der Waals surface area contributed by atoms with Crippen LogP contribution < -0.4 is 4.90 Å². The number of nitrogens with zero attached hydrogens (tertiary/aromatic N) is 4. The molecule has 0 radical (unpaired) electrons. The predicted molar refractivity (Wildman–Crippen MR) is 140 cm³/mol. The van der Waals surface area contributed by atoms with Crippen LogP contribution in [0.5, 0.6) is 0 Å². The highest BCUT2D eigenvalue weighted by Crippen LogP contribution is 2.29. The number of carboxylic acid groups (broad SMARTS) is 1. The van der Waals surface area contributed by atoms with Crippen molar-refractivity contribution in [2.45, 2.75) is 17.7 Å². The minimum atomic E-state index is -3.82. The van der Waals surface area contributed by atoms with E-state index in [1.54, 1.807) is 6.20 Å². The first-order valence-corrected chi connectivity index (χ1v) is 14.0. The Balaban J connectivity index is 1.24. The number of halogens is 1. The largest absolute Gasteiger partial charge is 0.478 e. The van der Waals surface area contributed by atoms with Gasteiger partial charge >= 0.3 is 5.97 Å². The zero-order chi connectivity index (χ0) is 26.2. The summed E-state index contributed by atoms with van der Waals surface area (Å²) < 4.78 is 27.7. The quantitative estimate of drug-likeness (QED) is 0.526. The van der Waals surface area contributed by atoms with Crippen molar-refractivity contribution in [2.75, 3.05) is 44.2 Å². The lowest BCUT2D eigenvalue weighted by Gasteiger charge is -2.39. The van der Waals surface area contributed by atoms with Gasteiger partial charge in [-0.25, -0.2) is 13.2 Å². The molecule has 1 unspecified atom stereocenters. The maximum absolute atomic E-state index is 13.4.